The molecule has 0 saturated heterocycles. The third kappa shape index (κ3) is 3.65. The molecule has 0 aliphatic heterocycles. The van der Waals surface area contributed by atoms with Gasteiger partial charge in [0.25, 0.3) is 0 Å². The molecular weight excluding hydrogens is 188 g/mol. The Kier molecular flexibility index (Phi) is 3.59. The highest BCUT2D eigenvalue weighted by molar-refractivity contribution is 5.80. The molecule has 1 aromatic heterocycles. The fourth-order valence-electron chi connectivity index (χ4n) is 0.831. The normalized spacial score (nSPS) is 9.71. The number of carboxylic acids is 1. The summed E-state index contributed by atoms with van der Waals surface area (Å²) < 4.78 is 1.50. The van der Waals surface area contributed by atoms with E-state index in [1.54, 1.807) is 6.20 Å². The third-order valence-corrected chi connectivity index (χ3v) is 1.48. The van der Waals surface area contributed by atoms with E-state index in [-0.39, 0.29) is 18.9 Å². The quantitative estimate of drug-likeness (QED) is 0.623. The molecule has 14 heavy (non-hydrogen) atoms. The van der Waals surface area contributed by atoms with Crippen LogP contribution in [0.15, 0.2) is 12.4 Å². The van der Waals surface area contributed by atoms with Crippen LogP contribution in [0.2, 0.25) is 0 Å². The minimum absolute atomic E-state index is 0.191. The predicted molar refractivity (Wildman–Crippen MR) is 45.3 cm³/mol. The maximum Gasteiger partial charge on any atom is 0.322 e. The first-order valence-electron chi connectivity index (χ1n) is 4.01. The number of nitrogens with zero attached hydrogens (tertiary/aromatic N) is 3. The molecule has 0 bridgehead atoms. The first-order valence-corrected chi connectivity index (χ1v) is 4.01. The molecule has 1 rings (SSSR count). The monoisotopic (exact) mass is 198 g/mol. The van der Waals surface area contributed by atoms with E-state index in [1.807, 2.05) is 0 Å². The zero-order valence-electron chi connectivity index (χ0n) is 7.38. The van der Waals surface area contributed by atoms with Crippen molar-refractivity contribution < 1.29 is 14.7 Å². The minimum atomic E-state index is -1.06. The zero-order valence-corrected chi connectivity index (χ0v) is 7.38. The summed E-state index contributed by atoms with van der Waals surface area (Å²) in [6.07, 6.45) is 3.33. The summed E-state index contributed by atoms with van der Waals surface area (Å²) in [7, 11) is 0. The maximum absolute atomic E-state index is 11.0. The van der Waals surface area contributed by atoms with Crippen LogP contribution in [0.3, 0.4) is 0 Å². The highest BCUT2D eigenvalue weighted by Gasteiger charge is 2.03. The van der Waals surface area contributed by atoms with Gasteiger partial charge >= 0.3 is 5.97 Å². The molecule has 1 aromatic rings. The topological polar surface area (TPSA) is 97.1 Å². The van der Waals surface area contributed by atoms with Gasteiger partial charge in [-0.2, -0.15) is 0 Å². The van der Waals surface area contributed by atoms with Crippen molar-refractivity contribution in [3.8, 4) is 0 Å². The number of hydrogen-bond donors (Lipinski definition) is 2. The van der Waals surface area contributed by atoms with Gasteiger partial charge in [0.15, 0.2) is 0 Å². The van der Waals surface area contributed by atoms with Crippen molar-refractivity contribution in [1.82, 2.24) is 20.3 Å². The second-order valence-electron chi connectivity index (χ2n) is 2.59. The van der Waals surface area contributed by atoms with Crippen LogP contribution in [0.1, 0.15) is 6.42 Å². The van der Waals surface area contributed by atoms with Gasteiger partial charge in [0, 0.05) is 12.6 Å². The Morgan fingerprint density at radius 3 is 2.86 bits per heavy atom. The average Bonchev–Trinajstić information content (AvgIpc) is 2.63. The SMILES string of the molecule is O=C(O)CNC(=O)CCn1ccnn1. The lowest BCUT2D eigenvalue weighted by Gasteiger charge is -2.01. The van der Waals surface area contributed by atoms with Crippen molar-refractivity contribution in [2.24, 2.45) is 0 Å². The van der Waals surface area contributed by atoms with Crippen molar-refractivity contribution in [1.29, 1.82) is 0 Å². The average molecular weight is 198 g/mol. The number of aliphatic carboxylic acids is 1. The lowest BCUT2D eigenvalue weighted by atomic mass is 10.4. The molecule has 0 radical (unpaired) electrons. The van der Waals surface area contributed by atoms with E-state index in [0.29, 0.717) is 6.54 Å². The number of amides is 1. The van der Waals surface area contributed by atoms with Crippen molar-refractivity contribution in [3.63, 3.8) is 0 Å². The summed E-state index contributed by atoms with van der Waals surface area (Å²) in [5.41, 5.74) is 0. The number of rotatable bonds is 5. The van der Waals surface area contributed by atoms with Crippen LogP contribution in [-0.4, -0.2) is 38.5 Å². The van der Waals surface area contributed by atoms with E-state index in [2.05, 4.69) is 15.6 Å². The van der Waals surface area contributed by atoms with Crippen molar-refractivity contribution >= 4 is 11.9 Å². The molecule has 1 heterocycles. The molecule has 0 aromatic carbocycles. The first kappa shape index (κ1) is 10.2. The molecule has 0 aliphatic rings. The Morgan fingerprint density at radius 1 is 1.50 bits per heavy atom. The number of carbonyl (C=O) groups excluding carboxylic acids is 1. The van der Waals surface area contributed by atoms with Crippen LogP contribution in [-0.2, 0) is 16.1 Å². The molecule has 7 heteroatoms. The summed E-state index contributed by atoms with van der Waals surface area (Å²) in [5.74, 6) is -1.37. The van der Waals surface area contributed by atoms with Crippen molar-refractivity contribution in [3.05, 3.63) is 12.4 Å². The highest BCUT2D eigenvalue weighted by atomic mass is 16.4. The van der Waals surface area contributed by atoms with Gasteiger partial charge in [0.1, 0.15) is 6.54 Å². The van der Waals surface area contributed by atoms with Crippen LogP contribution >= 0.6 is 0 Å². The third-order valence-electron chi connectivity index (χ3n) is 1.48. The van der Waals surface area contributed by atoms with Gasteiger partial charge in [-0.15, -0.1) is 5.10 Å². The minimum Gasteiger partial charge on any atom is -0.480 e. The number of carboxylic acid groups (broad SMARTS) is 1. The van der Waals surface area contributed by atoms with Crippen LogP contribution in [0.5, 0.6) is 0 Å². The van der Waals surface area contributed by atoms with E-state index < -0.39 is 5.97 Å². The van der Waals surface area contributed by atoms with Gasteiger partial charge in [-0.25, -0.2) is 0 Å². The fourth-order valence-corrected chi connectivity index (χ4v) is 0.831. The molecule has 0 fully saturated rings. The maximum atomic E-state index is 11.0. The summed E-state index contributed by atoms with van der Waals surface area (Å²) in [6.45, 7) is 0.0433. The van der Waals surface area contributed by atoms with Crippen LogP contribution < -0.4 is 5.32 Å². The molecule has 76 valence electrons. The van der Waals surface area contributed by atoms with E-state index in [1.165, 1.54) is 10.9 Å². The Morgan fingerprint density at radius 2 is 2.29 bits per heavy atom. The standard InChI is InChI=1S/C7H10N4O3/c12-6(8-5-7(13)14)1-3-11-4-2-9-10-11/h2,4H,1,3,5H2,(H,8,12)(H,13,14). The van der Waals surface area contributed by atoms with Crippen molar-refractivity contribution in [2.75, 3.05) is 6.54 Å². The summed E-state index contributed by atoms with van der Waals surface area (Å²) in [4.78, 5) is 21.1. The molecule has 0 aliphatic carbocycles. The Labute approximate surface area is 79.7 Å². The second-order valence-corrected chi connectivity index (χ2v) is 2.59. The van der Waals surface area contributed by atoms with Crippen molar-refractivity contribution in [2.45, 2.75) is 13.0 Å². The van der Waals surface area contributed by atoms with Gasteiger partial charge in [-0.1, -0.05) is 5.21 Å². The molecule has 0 atom stereocenters. The van der Waals surface area contributed by atoms with Gasteiger partial charge in [-0.05, 0) is 0 Å². The smallest absolute Gasteiger partial charge is 0.322 e. The Bertz CT molecular complexity index is 309. The summed E-state index contributed by atoms with van der Waals surface area (Å²) in [5, 5.41) is 17.7. The lowest BCUT2D eigenvalue weighted by Crippen LogP contribution is -2.29. The van der Waals surface area contributed by atoms with Gasteiger partial charge in [0.05, 0.1) is 12.7 Å². The Hall–Kier alpha value is -1.92. The molecular formula is C7H10N4O3. The predicted octanol–water partition coefficient (Wildman–Crippen LogP) is -1.13. The fraction of sp³-hybridized carbons (Fsp3) is 0.429. The van der Waals surface area contributed by atoms with E-state index in [9.17, 15) is 9.59 Å². The molecule has 0 saturated carbocycles. The van der Waals surface area contributed by atoms with Crippen LogP contribution in [0, 0.1) is 0 Å². The highest BCUT2D eigenvalue weighted by Crippen LogP contribution is 1.86. The molecule has 2 N–H and O–H groups in total. The van der Waals surface area contributed by atoms with E-state index >= 15 is 0 Å². The van der Waals surface area contributed by atoms with Crippen LogP contribution in [0.25, 0.3) is 0 Å². The molecule has 0 spiro atoms. The lowest BCUT2D eigenvalue weighted by molar-refractivity contribution is -0.138. The number of nitrogens with one attached hydrogen (secondary N) is 1. The molecule has 7 nitrogen and oxygen atoms in total. The molecule has 0 unspecified atom stereocenters. The Balaban J connectivity index is 2.18. The van der Waals surface area contributed by atoms with Crippen LogP contribution in [0.4, 0.5) is 0 Å². The number of hydrogen-bond acceptors (Lipinski definition) is 4. The summed E-state index contributed by atoms with van der Waals surface area (Å²) >= 11 is 0. The second kappa shape index (κ2) is 4.95. The van der Waals surface area contributed by atoms with Gasteiger partial charge in [-0.3, -0.25) is 14.3 Å². The van der Waals surface area contributed by atoms with Gasteiger partial charge < -0.3 is 10.4 Å². The van der Waals surface area contributed by atoms with Gasteiger partial charge in [0.2, 0.25) is 5.91 Å². The van der Waals surface area contributed by atoms with E-state index in [0.717, 1.165) is 0 Å². The number of aromatic nitrogens is 3. The largest absolute Gasteiger partial charge is 0.480 e. The number of aryl methyl sites for hydroxylation is 1. The first-order chi connectivity index (χ1) is 6.68. The summed E-state index contributed by atoms with van der Waals surface area (Å²) in [6, 6.07) is 0. The van der Waals surface area contributed by atoms with E-state index in [4.69, 9.17) is 5.11 Å². The molecule has 1 amide bonds. The zero-order chi connectivity index (χ0) is 10.4. The number of carbonyl (C=O) groups is 2.